The van der Waals surface area contributed by atoms with E-state index >= 15 is 0 Å². The summed E-state index contributed by atoms with van der Waals surface area (Å²) in [5, 5.41) is 0. The largest absolute Gasteiger partial charge is 0.326 e. The van der Waals surface area contributed by atoms with Gasteiger partial charge in [-0.1, -0.05) is 12.1 Å². The molecule has 2 heterocycles. The normalized spacial score (nSPS) is 11.1. The van der Waals surface area contributed by atoms with Gasteiger partial charge in [0.05, 0.1) is 5.69 Å². The van der Waals surface area contributed by atoms with Gasteiger partial charge in [-0.15, -0.1) is 0 Å². The van der Waals surface area contributed by atoms with Crippen molar-refractivity contribution < 1.29 is 4.39 Å². The Labute approximate surface area is 110 Å². The van der Waals surface area contributed by atoms with Gasteiger partial charge in [-0.2, -0.15) is 0 Å². The van der Waals surface area contributed by atoms with Crippen molar-refractivity contribution in [3.63, 3.8) is 0 Å². The molecule has 0 saturated heterocycles. The monoisotopic (exact) mass is 255 g/mol. The molecular weight excluding hydrogens is 241 g/mol. The van der Waals surface area contributed by atoms with Crippen LogP contribution in [0, 0.1) is 5.82 Å². The standard InChI is InChI=1S/C15H14FN3/c16-13-3-1-2-11(6-13)7-14-10-19-5-4-12(9-17)8-15(19)18-14/h1-6,8,10H,7,9,17H2. The molecule has 4 heteroatoms. The molecule has 19 heavy (non-hydrogen) atoms. The fourth-order valence-corrected chi connectivity index (χ4v) is 2.14. The van der Waals surface area contributed by atoms with Crippen LogP contribution in [0.2, 0.25) is 0 Å². The molecule has 0 bridgehead atoms. The summed E-state index contributed by atoms with van der Waals surface area (Å²) < 4.78 is 15.1. The van der Waals surface area contributed by atoms with Gasteiger partial charge in [0.25, 0.3) is 0 Å². The highest BCUT2D eigenvalue weighted by molar-refractivity contribution is 5.43. The van der Waals surface area contributed by atoms with Crippen LogP contribution in [-0.4, -0.2) is 9.38 Å². The van der Waals surface area contributed by atoms with Gasteiger partial charge >= 0.3 is 0 Å². The number of hydrogen-bond donors (Lipinski definition) is 1. The number of pyridine rings is 1. The lowest BCUT2D eigenvalue weighted by atomic mass is 10.1. The Hall–Kier alpha value is -2.20. The molecule has 0 radical (unpaired) electrons. The third-order valence-electron chi connectivity index (χ3n) is 3.08. The van der Waals surface area contributed by atoms with E-state index in [2.05, 4.69) is 4.98 Å². The average Bonchev–Trinajstić information content (AvgIpc) is 2.79. The first-order valence-electron chi connectivity index (χ1n) is 6.15. The Kier molecular flexibility index (Phi) is 3.01. The fraction of sp³-hybridized carbons (Fsp3) is 0.133. The van der Waals surface area contributed by atoms with Crippen LogP contribution < -0.4 is 5.73 Å². The van der Waals surface area contributed by atoms with Crippen LogP contribution in [0.5, 0.6) is 0 Å². The van der Waals surface area contributed by atoms with Crippen molar-refractivity contribution in [1.29, 1.82) is 0 Å². The highest BCUT2D eigenvalue weighted by Crippen LogP contribution is 2.13. The third kappa shape index (κ3) is 2.48. The molecule has 0 amide bonds. The molecule has 1 aromatic carbocycles. The molecule has 0 saturated carbocycles. The van der Waals surface area contributed by atoms with E-state index in [0.29, 0.717) is 13.0 Å². The zero-order valence-corrected chi connectivity index (χ0v) is 10.4. The second-order valence-electron chi connectivity index (χ2n) is 4.54. The van der Waals surface area contributed by atoms with Crippen molar-refractivity contribution in [3.8, 4) is 0 Å². The van der Waals surface area contributed by atoms with Crippen molar-refractivity contribution in [3.05, 3.63) is 71.4 Å². The number of hydrogen-bond acceptors (Lipinski definition) is 2. The summed E-state index contributed by atoms with van der Waals surface area (Å²) in [6, 6.07) is 10.5. The van der Waals surface area contributed by atoms with Crippen LogP contribution in [0.25, 0.3) is 5.65 Å². The summed E-state index contributed by atoms with van der Waals surface area (Å²) in [4.78, 5) is 4.53. The number of benzene rings is 1. The number of rotatable bonds is 3. The van der Waals surface area contributed by atoms with E-state index in [-0.39, 0.29) is 5.82 Å². The smallest absolute Gasteiger partial charge is 0.137 e. The predicted molar refractivity (Wildman–Crippen MR) is 72.3 cm³/mol. The van der Waals surface area contributed by atoms with Crippen molar-refractivity contribution in [2.24, 2.45) is 5.73 Å². The van der Waals surface area contributed by atoms with Crippen molar-refractivity contribution in [1.82, 2.24) is 9.38 Å². The Morgan fingerprint density at radius 3 is 2.84 bits per heavy atom. The lowest BCUT2D eigenvalue weighted by molar-refractivity contribution is 0.626. The maximum absolute atomic E-state index is 13.1. The molecule has 0 atom stereocenters. The predicted octanol–water partition coefficient (Wildman–Crippen LogP) is 2.52. The highest BCUT2D eigenvalue weighted by Gasteiger charge is 2.04. The van der Waals surface area contributed by atoms with Crippen LogP contribution in [0.4, 0.5) is 4.39 Å². The first kappa shape index (κ1) is 11.9. The molecule has 96 valence electrons. The molecule has 0 aliphatic carbocycles. The number of halogens is 1. The molecule has 2 N–H and O–H groups in total. The van der Waals surface area contributed by atoms with Gasteiger partial charge in [0.1, 0.15) is 11.5 Å². The minimum atomic E-state index is -0.216. The molecule has 3 nitrogen and oxygen atoms in total. The molecule has 0 fully saturated rings. The maximum atomic E-state index is 13.1. The Balaban J connectivity index is 1.93. The first-order chi connectivity index (χ1) is 9.24. The summed E-state index contributed by atoms with van der Waals surface area (Å²) in [6.45, 7) is 0.503. The van der Waals surface area contributed by atoms with Crippen LogP contribution >= 0.6 is 0 Å². The van der Waals surface area contributed by atoms with Gasteiger partial charge in [0, 0.05) is 25.4 Å². The van der Waals surface area contributed by atoms with Gasteiger partial charge in [-0.3, -0.25) is 0 Å². The number of imidazole rings is 1. The summed E-state index contributed by atoms with van der Waals surface area (Å²) in [7, 11) is 0. The summed E-state index contributed by atoms with van der Waals surface area (Å²) in [5.41, 5.74) is 9.37. The van der Waals surface area contributed by atoms with E-state index in [1.807, 2.05) is 35.0 Å². The van der Waals surface area contributed by atoms with E-state index in [9.17, 15) is 4.39 Å². The molecule has 2 aromatic heterocycles. The lowest BCUT2D eigenvalue weighted by Crippen LogP contribution is -1.96. The molecule has 3 aromatic rings. The number of aromatic nitrogens is 2. The second-order valence-corrected chi connectivity index (χ2v) is 4.54. The highest BCUT2D eigenvalue weighted by atomic mass is 19.1. The topological polar surface area (TPSA) is 43.3 Å². The number of nitrogens with two attached hydrogens (primary N) is 1. The lowest BCUT2D eigenvalue weighted by Gasteiger charge is -1.97. The van der Waals surface area contributed by atoms with Gasteiger partial charge < -0.3 is 10.1 Å². The minimum absolute atomic E-state index is 0.216. The fourth-order valence-electron chi connectivity index (χ4n) is 2.14. The van der Waals surface area contributed by atoms with Crippen molar-refractivity contribution in [2.45, 2.75) is 13.0 Å². The van der Waals surface area contributed by atoms with E-state index < -0.39 is 0 Å². The zero-order chi connectivity index (χ0) is 13.2. The van der Waals surface area contributed by atoms with Crippen molar-refractivity contribution in [2.75, 3.05) is 0 Å². The van der Waals surface area contributed by atoms with Gasteiger partial charge in [-0.25, -0.2) is 9.37 Å². The third-order valence-corrected chi connectivity index (χ3v) is 3.08. The Morgan fingerprint density at radius 1 is 1.16 bits per heavy atom. The minimum Gasteiger partial charge on any atom is -0.326 e. The van der Waals surface area contributed by atoms with Gasteiger partial charge in [0.2, 0.25) is 0 Å². The van der Waals surface area contributed by atoms with E-state index in [4.69, 9.17) is 5.73 Å². The molecule has 0 aliphatic rings. The number of fused-ring (bicyclic) bond motifs is 1. The quantitative estimate of drug-likeness (QED) is 0.781. The van der Waals surface area contributed by atoms with E-state index in [1.54, 1.807) is 6.07 Å². The average molecular weight is 255 g/mol. The maximum Gasteiger partial charge on any atom is 0.137 e. The first-order valence-corrected chi connectivity index (χ1v) is 6.15. The van der Waals surface area contributed by atoms with Crippen molar-refractivity contribution >= 4 is 5.65 Å². The van der Waals surface area contributed by atoms with Gasteiger partial charge in [-0.05, 0) is 35.4 Å². The molecule has 3 rings (SSSR count). The second kappa shape index (κ2) is 4.82. The summed E-state index contributed by atoms with van der Waals surface area (Å²) >= 11 is 0. The van der Waals surface area contributed by atoms with E-state index in [1.165, 1.54) is 12.1 Å². The summed E-state index contributed by atoms with van der Waals surface area (Å²) in [5.74, 6) is -0.216. The molecule has 0 unspecified atom stereocenters. The summed E-state index contributed by atoms with van der Waals surface area (Å²) in [6.07, 6.45) is 4.53. The molecular formula is C15H14FN3. The van der Waals surface area contributed by atoms with Crippen LogP contribution in [0.1, 0.15) is 16.8 Å². The van der Waals surface area contributed by atoms with E-state index in [0.717, 1.165) is 22.5 Å². The Morgan fingerprint density at radius 2 is 2.05 bits per heavy atom. The van der Waals surface area contributed by atoms with Crippen LogP contribution in [0.3, 0.4) is 0 Å². The Bertz CT molecular complexity index is 718. The number of nitrogens with zero attached hydrogens (tertiary/aromatic N) is 2. The molecule has 0 aliphatic heterocycles. The van der Waals surface area contributed by atoms with Gasteiger partial charge in [0.15, 0.2) is 0 Å². The van der Waals surface area contributed by atoms with Crippen LogP contribution in [-0.2, 0) is 13.0 Å². The SMILES string of the molecule is NCc1ccn2cc(Cc3cccc(F)c3)nc2c1. The zero-order valence-electron chi connectivity index (χ0n) is 10.4. The van der Waals surface area contributed by atoms with Crippen LogP contribution in [0.15, 0.2) is 48.8 Å². The molecule has 0 spiro atoms.